The summed E-state index contributed by atoms with van der Waals surface area (Å²) < 4.78 is 7.79. The van der Waals surface area contributed by atoms with Gasteiger partial charge in [0, 0.05) is 23.5 Å². The molecular formula is C24H29N3O2. The number of nitrogens with zero attached hydrogens (tertiary/aromatic N) is 2. The largest absolute Gasteiger partial charge is 0.489 e. The van der Waals surface area contributed by atoms with Gasteiger partial charge < -0.3 is 10.1 Å². The first-order valence-corrected chi connectivity index (χ1v) is 10.0. The zero-order valence-corrected chi connectivity index (χ0v) is 17.6. The Morgan fingerprint density at radius 3 is 2.41 bits per heavy atom. The lowest BCUT2D eigenvalue weighted by Crippen LogP contribution is -2.15. The number of carbonyl (C=O) groups excluding carboxylic acids is 1. The lowest BCUT2D eigenvalue weighted by molar-refractivity contribution is -0.115. The summed E-state index contributed by atoms with van der Waals surface area (Å²) in [6, 6.07) is 17.5. The van der Waals surface area contributed by atoms with Crippen LogP contribution >= 0.6 is 0 Å². The minimum atomic E-state index is -0.0433. The van der Waals surface area contributed by atoms with Gasteiger partial charge in [-0.15, -0.1) is 0 Å². The topological polar surface area (TPSA) is 56.2 Å². The summed E-state index contributed by atoms with van der Waals surface area (Å²) in [5.41, 5.74) is 4.87. The van der Waals surface area contributed by atoms with Crippen molar-refractivity contribution in [2.45, 2.75) is 47.3 Å². The highest BCUT2D eigenvalue weighted by molar-refractivity contribution is 5.92. The summed E-state index contributed by atoms with van der Waals surface area (Å²) in [7, 11) is 0. The minimum absolute atomic E-state index is 0.0433. The summed E-state index contributed by atoms with van der Waals surface area (Å²) in [4.78, 5) is 12.5. The number of hydrogen-bond acceptors (Lipinski definition) is 3. The molecule has 3 aromatic rings. The molecule has 0 fully saturated rings. The first kappa shape index (κ1) is 20.6. The molecule has 29 heavy (non-hydrogen) atoms. The minimum Gasteiger partial charge on any atom is -0.489 e. The second-order valence-electron chi connectivity index (χ2n) is 7.75. The molecule has 0 radical (unpaired) electrons. The second kappa shape index (κ2) is 9.41. The van der Waals surface area contributed by atoms with Gasteiger partial charge in [-0.3, -0.25) is 9.48 Å². The molecule has 152 valence electrons. The Bertz CT molecular complexity index is 944. The summed E-state index contributed by atoms with van der Waals surface area (Å²) >= 11 is 0. The fourth-order valence-corrected chi connectivity index (χ4v) is 3.25. The van der Waals surface area contributed by atoms with E-state index in [4.69, 9.17) is 4.74 Å². The molecule has 0 aliphatic heterocycles. The van der Waals surface area contributed by atoms with Crippen molar-refractivity contribution in [3.63, 3.8) is 0 Å². The van der Waals surface area contributed by atoms with Crippen LogP contribution in [0.15, 0.2) is 54.6 Å². The van der Waals surface area contributed by atoms with E-state index in [9.17, 15) is 4.79 Å². The standard InChI is InChI=1S/C24H29N3O2/c1-17(2)15-27-19(4)23(18(3)26-27)14-24(28)25-21-10-12-22(13-11-21)29-16-20-8-6-5-7-9-20/h5-13,17H,14-16H2,1-4H3,(H,25,28). The highest BCUT2D eigenvalue weighted by atomic mass is 16.5. The van der Waals surface area contributed by atoms with Gasteiger partial charge in [-0.1, -0.05) is 44.2 Å². The van der Waals surface area contributed by atoms with Gasteiger partial charge in [0.25, 0.3) is 0 Å². The fourth-order valence-electron chi connectivity index (χ4n) is 3.25. The van der Waals surface area contributed by atoms with E-state index in [2.05, 4.69) is 24.3 Å². The van der Waals surface area contributed by atoms with E-state index in [1.807, 2.05) is 73.1 Å². The molecule has 0 spiro atoms. The van der Waals surface area contributed by atoms with Gasteiger partial charge in [0.15, 0.2) is 0 Å². The maximum Gasteiger partial charge on any atom is 0.228 e. The third-order valence-electron chi connectivity index (χ3n) is 4.79. The second-order valence-corrected chi connectivity index (χ2v) is 7.75. The molecule has 3 rings (SSSR count). The van der Waals surface area contributed by atoms with Crippen molar-refractivity contribution >= 4 is 11.6 Å². The van der Waals surface area contributed by atoms with Crippen LogP contribution < -0.4 is 10.1 Å². The number of benzene rings is 2. The van der Waals surface area contributed by atoms with E-state index >= 15 is 0 Å². The zero-order chi connectivity index (χ0) is 20.8. The highest BCUT2D eigenvalue weighted by Gasteiger charge is 2.15. The van der Waals surface area contributed by atoms with Gasteiger partial charge >= 0.3 is 0 Å². The van der Waals surface area contributed by atoms with Crippen molar-refractivity contribution in [1.82, 2.24) is 9.78 Å². The molecule has 5 heteroatoms. The number of nitrogens with one attached hydrogen (secondary N) is 1. The van der Waals surface area contributed by atoms with Crippen molar-refractivity contribution in [1.29, 1.82) is 0 Å². The molecule has 0 atom stereocenters. The first-order valence-electron chi connectivity index (χ1n) is 10.0. The first-order chi connectivity index (χ1) is 13.9. The molecule has 0 aliphatic rings. The smallest absolute Gasteiger partial charge is 0.228 e. The number of rotatable bonds is 8. The predicted molar refractivity (Wildman–Crippen MR) is 116 cm³/mol. The Labute approximate surface area is 172 Å². The van der Waals surface area contributed by atoms with E-state index < -0.39 is 0 Å². The summed E-state index contributed by atoms with van der Waals surface area (Å²) in [5.74, 6) is 1.24. The van der Waals surface area contributed by atoms with Gasteiger partial charge in [-0.25, -0.2) is 0 Å². The molecule has 0 bridgehead atoms. The molecule has 1 heterocycles. The average molecular weight is 392 g/mol. The normalized spacial score (nSPS) is 10.9. The quantitative estimate of drug-likeness (QED) is 0.593. The SMILES string of the molecule is Cc1nn(CC(C)C)c(C)c1CC(=O)Nc1ccc(OCc2ccccc2)cc1. The van der Waals surface area contributed by atoms with Crippen LogP contribution in [0.3, 0.4) is 0 Å². The van der Waals surface area contributed by atoms with Gasteiger partial charge in [0.05, 0.1) is 12.1 Å². The monoisotopic (exact) mass is 391 g/mol. The highest BCUT2D eigenvalue weighted by Crippen LogP contribution is 2.19. The Kier molecular flexibility index (Phi) is 6.70. The third-order valence-corrected chi connectivity index (χ3v) is 4.79. The molecule has 1 N–H and O–H groups in total. The molecular weight excluding hydrogens is 362 g/mol. The summed E-state index contributed by atoms with van der Waals surface area (Å²) in [6.45, 7) is 9.70. The van der Waals surface area contributed by atoms with Crippen molar-refractivity contribution in [2.75, 3.05) is 5.32 Å². The number of anilines is 1. The lowest BCUT2D eigenvalue weighted by Gasteiger charge is -2.09. The Morgan fingerprint density at radius 1 is 1.07 bits per heavy atom. The number of hydrogen-bond donors (Lipinski definition) is 1. The van der Waals surface area contributed by atoms with Crippen molar-refractivity contribution in [3.05, 3.63) is 77.1 Å². The predicted octanol–water partition coefficient (Wildman–Crippen LogP) is 4.92. The van der Waals surface area contributed by atoms with Crippen LogP contribution in [-0.2, 0) is 24.4 Å². The van der Waals surface area contributed by atoms with E-state index in [1.165, 1.54) is 0 Å². The van der Waals surface area contributed by atoms with E-state index in [0.29, 0.717) is 18.9 Å². The van der Waals surface area contributed by atoms with Crippen LogP contribution in [-0.4, -0.2) is 15.7 Å². The van der Waals surface area contributed by atoms with Crippen molar-refractivity contribution in [3.8, 4) is 5.75 Å². The maximum absolute atomic E-state index is 12.5. The van der Waals surface area contributed by atoms with Crippen LogP contribution in [0, 0.1) is 19.8 Å². The number of ether oxygens (including phenoxy) is 1. The van der Waals surface area contributed by atoms with Crippen LogP contribution in [0.25, 0.3) is 0 Å². The van der Waals surface area contributed by atoms with Crippen LogP contribution in [0.1, 0.15) is 36.4 Å². The molecule has 2 aromatic carbocycles. The number of carbonyl (C=O) groups is 1. The molecule has 0 saturated heterocycles. The molecule has 1 aromatic heterocycles. The van der Waals surface area contributed by atoms with Crippen molar-refractivity contribution < 1.29 is 9.53 Å². The number of amides is 1. The van der Waals surface area contributed by atoms with E-state index in [-0.39, 0.29) is 5.91 Å². The molecule has 0 saturated carbocycles. The average Bonchev–Trinajstić information content (AvgIpc) is 2.95. The Morgan fingerprint density at radius 2 is 1.76 bits per heavy atom. The van der Waals surface area contributed by atoms with Gasteiger partial charge in [0.1, 0.15) is 12.4 Å². The zero-order valence-electron chi connectivity index (χ0n) is 17.6. The molecule has 5 nitrogen and oxygen atoms in total. The van der Waals surface area contributed by atoms with E-state index in [0.717, 1.165) is 40.5 Å². The van der Waals surface area contributed by atoms with Crippen LogP contribution in [0.5, 0.6) is 5.75 Å². The van der Waals surface area contributed by atoms with Crippen LogP contribution in [0.4, 0.5) is 5.69 Å². The molecule has 1 amide bonds. The molecule has 0 unspecified atom stereocenters. The third kappa shape index (κ3) is 5.70. The van der Waals surface area contributed by atoms with Crippen LogP contribution in [0.2, 0.25) is 0 Å². The summed E-state index contributed by atoms with van der Waals surface area (Å²) in [5, 5.41) is 7.55. The molecule has 0 aliphatic carbocycles. The van der Waals surface area contributed by atoms with Crippen molar-refractivity contribution in [2.24, 2.45) is 5.92 Å². The Balaban J connectivity index is 1.56. The van der Waals surface area contributed by atoms with Gasteiger partial charge in [0.2, 0.25) is 5.91 Å². The van der Waals surface area contributed by atoms with Gasteiger partial charge in [-0.2, -0.15) is 5.10 Å². The maximum atomic E-state index is 12.5. The van der Waals surface area contributed by atoms with Gasteiger partial charge in [-0.05, 0) is 49.6 Å². The lowest BCUT2D eigenvalue weighted by atomic mass is 10.1. The number of aryl methyl sites for hydroxylation is 1. The Hall–Kier alpha value is -3.08. The van der Waals surface area contributed by atoms with E-state index in [1.54, 1.807) is 0 Å². The fraction of sp³-hybridized carbons (Fsp3) is 0.333. The number of aromatic nitrogens is 2. The summed E-state index contributed by atoms with van der Waals surface area (Å²) in [6.07, 6.45) is 0.321.